The van der Waals surface area contributed by atoms with Gasteiger partial charge in [-0.05, 0) is 13.0 Å². The summed E-state index contributed by atoms with van der Waals surface area (Å²) in [6.45, 7) is 10.5. The zero-order valence-electron chi connectivity index (χ0n) is 10.9. The number of hydrogen-bond acceptors (Lipinski definition) is 4. The molecule has 1 atom stereocenters. The summed E-state index contributed by atoms with van der Waals surface area (Å²) in [5, 5.41) is 9.80. The molecule has 0 aromatic rings. The third-order valence-electron chi connectivity index (χ3n) is 2.83. The standard InChI is InChI=1S/C12H26N2O2/c1-11(2)9-16-10-12(15)8-14-6-4-13(3)5-7-14/h11-12,15H,4-10H2,1-3H3/t12-/m0/s1. The summed E-state index contributed by atoms with van der Waals surface area (Å²) in [6, 6.07) is 0. The van der Waals surface area contributed by atoms with E-state index in [1.807, 2.05) is 0 Å². The van der Waals surface area contributed by atoms with Crippen molar-refractivity contribution >= 4 is 0 Å². The van der Waals surface area contributed by atoms with Crippen molar-refractivity contribution in [1.82, 2.24) is 9.80 Å². The average Bonchev–Trinajstić information content (AvgIpc) is 2.21. The molecular formula is C12H26N2O2. The molecule has 4 nitrogen and oxygen atoms in total. The van der Waals surface area contributed by atoms with Crippen LogP contribution in [0.15, 0.2) is 0 Å². The minimum Gasteiger partial charge on any atom is -0.389 e. The van der Waals surface area contributed by atoms with Crippen LogP contribution in [-0.4, -0.2) is 74.0 Å². The summed E-state index contributed by atoms with van der Waals surface area (Å²) < 4.78 is 5.43. The molecule has 1 aliphatic rings. The molecule has 16 heavy (non-hydrogen) atoms. The summed E-state index contributed by atoms with van der Waals surface area (Å²) in [5.41, 5.74) is 0. The van der Waals surface area contributed by atoms with E-state index in [1.54, 1.807) is 0 Å². The van der Waals surface area contributed by atoms with Crippen molar-refractivity contribution in [2.24, 2.45) is 5.92 Å². The Morgan fingerprint density at radius 2 is 1.75 bits per heavy atom. The van der Waals surface area contributed by atoms with Gasteiger partial charge < -0.3 is 14.7 Å². The Morgan fingerprint density at radius 1 is 1.12 bits per heavy atom. The predicted molar refractivity (Wildman–Crippen MR) is 65.6 cm³/mol. The highest BCUT2D eigenvalue weighted by Crippen LogP contribution is 2.01. The highest BCUT2D eigenvalue weighted by atomic mass is 16.5. The summed E-state index contributed by atoms with van der Waals surface area (Å²) in [7, 11) is 2.14. The molecule has 0 saturated carbocycles. The van der Waals surface area contributed by atoms with Gasteiger partial charge in [-0.3, -0.25) is 4.90 Å². The summed E-state index contributed by atoms with van der Waals surface area (Å²) in [6.07, 6.45) is -0.345. The van der Waals surface area contributed by atoms with E-state index in [0.29, 0.717) is 12.5 Å². The Labute approximate surface area is 99.2 Å². The maximum Gasteiger partial charge on any atom is 0.0900 e. The van der Waals surface area contributed by atoms with Crippen molar-refractivity contribution in [3.8, 4) is 0 Å². The first-order chi connectivity index (χ1) is 7.58. The van der Waals surface area contributed by atoms with Crippen molar-refractivity contribution in [2.45, 2.75) is 20.0 Å². The summed E-state index contributed by atoms with van der Waals surface area (Å²) >= 11 is 0. The van der Waals surface area contributed by atoms with E-state index in [4.69, 9.17) is 4.74 Å². The van der Waals surface area contributed by atoms with E-state index in [-0.39, 0.29) is 6.10 Å². The van der Waals surface area contributed by atoms with E-state index in [0.717, 1.165) is 39.3 Å². The fourth-order valence-corrected chi connectivity index (χ4v) is 1.82. The molecule has 0 radical (unpaired) electrons. The number of piperazine rings is 1. The Hall–Kier alpha value is -0.160. The van der Waals surface area contributed by atoms with Crippen LogP contribution >= 0.6 is 0 Å². The molecule has 1 rings (SSSR count). The van der Waals surface area contributed by atoms with Crippen molar-refractivity contribution in [3.63, 3.8) is 0 Å². The number of β-amino-alcohol motifs (C(OH)–C–C–N with tert-alkyl or cyclic N) is 1. The van der Waals surface area contributed by atoms with E-state index >= 15 is 0 Å². The minimum atomic E-state index is -0.345. The van der Waals surface area contributed by atoms with Gasteiger partial charge in [-0.25, -0.2) is 0 Å². The van der Waals surface area contributed by atoms with Gasteiger partial charge in [-0.15, -0.1) is 0 Å². The molecule has 0 aliphatic carbocycles. The van der Waals surface area contributed by atoms with Crippen LogP contribution in [-0.2, 0) is 4.74 Å². The van der Waals surface area contributed by atoms with Gasteiger partial charge in [0.15, 0.2) is 0 Å². The molecule has 1 aliphatic heterocycles. The van der Waals surface area contributed by atoms with Crippen LogP contribution in [0.1, 0.15) is 13.8 Å². The number of rotatable bonds is 6. The SMILES string of the molecule is CC(C)COC[C@@H](O)CN1CCN(C)CC1. The topological polar surface area (TPSA) is 35.9 Å². The van der Waals surface area contributed by atoms with Gasteiger partial charge in [-0.1, -0.05) is 13.8 Å². The first-order valence-electron chi connectivity index (χ1n) is 6.24. The van der Waals surface area contributed by atoms with E-state index < -0.39 is 0 Å². The molecule has 0 amide bonds. The van der Waals surface area contributed by atoms with Crippen LogP contribution < -0.4 is 0 Å². The predicted octanol–water partition coefficient (Wildman–Crippen LogP) is 0.267. The first-order valence-corrected chi connectivity index (χ1v) is 6.24. The van der Waals surface area contributed by atoms with Gasteiger partial charge in [0.05, 0.1) is 12.7 Å². The summed E-state index contributed by atoms with van der Waals surface area (Å²) in [4.78, 5) is 4.63. The second-order valence-electron chi connectivity index (χ2n) is 5.19. The van der Waals surface area contributed by atoms with E-state index in [9.17, 15) is 5.11 Å². The Bertz CT molecular complexity index is 180. The molecule has 4 heteroatoms. The fraction of sp³-hybridized carbons (Fsp3) is 1.00. The number of aliphatic hydroxyl groups excluding tert-OH is 1. The third-order valence-corrected chi connectivity index (χ3v) is 2.83. The molecule has 0 spiro atoms. The highest BCUT2D eigenvalue weighted by molar-refractivity contribution is 4.72. The quantitative estimate of drug-likeness (QED) is 0.710. The van der Waals surface area contributed by atoms with E-state index in [2.05, 4.69) is 30.7 Å². The van der Waals surface area contributed by atoms with Crippen LogP contribution in [0.5, 0.6) is 0 Å². The van der Waals surface area contributed by atoms with Gasteiger partial charge in [0.25, 0.3) is 0 Å². The van der Waals surface area contributed by atoms with Crippen molar-refractivity contribution in [3.05, 3.63) is 0 Å². The van der Waals surface area contributed by atoms with Crippen molar-refractivity contribution < 1.29 is 9.84 Å². The van der Waals surface area contributed by atoms with Gasteiger partial charge in [0, 0.05) is 39.3 Å². The highest BCUT2D eigenvalue weighted by Gasteiger charge is 2.16. The Kier molecular flexibility index (Phi) is 6.28. The normalized spacial score (nSPS) is 21.6. The lowest BCUT2D eigenvalue weighted by Gasteiger charge is -2.33. The van der Waals surface area contributed by atoms with E-state index in [1.165, 1.54) is 0 Å². The van der Waals surface area contributed by atoms with Crippen LogP contribution in [0.3, 0.4) is 0 Å². The van der Waals surface area contributed by atoms with Crippen LogP contribution in [0, 0.1) is 5.92 Å². The Morgan fingerprint density at radius 3 is 2.31 bits per heavy atom. The zero-order valence-corrected chi connectivity index (χ0v) is 10.9. The fourth-order valence-electron chi connectivity index (χ4n) is 1.82. The lowest BCUT2D eigenvalue weighted by Crippen LogP contribution is -2.47. The molecule has 1 N–H and O–H groups in total. The molecule has 0 aromatic carbocycles. The first kappa shape index (κ1) is 13.9. The van der Waals surface area contributed by atoms with Gasteiger partial charge >= 0.3 is 0 Å². The molecule has 1 heterocycles. The molecule has 96 valence electrons. The number of nitrogens with zero attached hydrogens (tertiary/aromatic N) is 2. The number of aliphatic hydroxyl groups is 1. The minimum absolute atomic E-state index is 0.345. The maximum absolute atomic E-state index is 9.80. The number of ether oxygens (including phenoxy) is 1. The largest absolute Gasteiger partial charge is 0.389 e. The molecule has 0 unspecified atom stereocenters. The molecule has 0 aromatic heterocycles. The molecule has 1 saturated heterocycles. The average molecular weight is 230 g/mol. The lowest BCUT2D eigenvalue weighted by molar-refractivity contribution is 0.00161. The monoisotopic (exact) mass is 230 g/mol. The Balaban J connectivity index is 2.07. The third kappa shape index (κ3) is 5.80. The zero-order chi connectivity index (χ0) is 12.0. The smallest absolute Gasteiger partial charge is 0.0900 e. The lowest BCUT2D eigenvalue weighted by atomic mass is 10.2. The van der Waals surface area contributed by atoms with Crippen LogP contribution in [0.2, 0.25) is 0 Å². The maximum atomic E-state index is 9.80. The molecule has 1 fully saturated rings. The van der Waals surface area contributed by atoms with Crippen molar-refractivity contribution in [1.29, 1.82) is 0 Å². The second kappa shape index (κ2) is 7.22. The number of likely N-dealkylation sites (N-methyl/N-ethyl adjacent to an activating group) is 1. The van der Waals surface area contributed by atoms with Gasteiger partial charge in [0.1, 0.15) is 0 Å². The number of hydrogen-bond donors (Lipinski definition) is 1. The van der Waals surface area contributed by atoms with Gasteiger partial charge in [-0.2, -0.15) is 0 Å². The molecule has 0 bridgehead atoms. The second-order valence-corrected chi connectivity index (χ2v) is 5.19. The summed E-state index contributed by atoms with van der Waals surface area (Å²) in [5.74, 6) is 0.538. The van der Waals surface area contributed by atoms with Gasteiger partial charge in [0.2, 0.25) is 0 Å². The van der Waals surface area contributed by atoms with Crippen LogP contribution in [0.25, 0.3) is 0 Å². The van der Waals surface area contributed by atoms with Crippen LogP contribution in [0.4, 0.5) is 0 Å². The van der Waals surface area contributed by atoms with Crippen molar-refractivity contribution in [2.75, 3.05) is 53.0 Å². The molecular weight excluding hydrogens is 204 g/mol.